The van der Waals surface area contributed by atoms with Gasteiger partial charge in [-0.25, -0.2) is 4.98 Å². The Bertz CT molecular complexity index is 776. The average Bonchev–Trinajstić information content (AvgIpc) is 2.98. The number of benzene rings is 2. The van der Waals surface area contributed by atoms with Crippen LogP contribution in [-0.4, -0.2) is 23.1 Å². The molecular formula is C18H19Br2N3O. The predicted molar refractivity (Wildman–Crippen MR) is 105 cm³/mol. The van der Waals surface area contributed by atoms with Gasteiger partial charge in [-0.2, -0.15) is 0 Å². The summed E-state index contributed by atoms with van der Waals surface area (Å²) in [6.45, 7) is 4.28. The first-order valence-electron chi connectivity index (χ1n) is 7.92. The number of hydrogen-bond acceptors (Lipinski definition) is 3. The van der Waals surface area contributed by atoms with Gasteiger partial charge in [-0.1, -0.05) is 12.1 Å². The molecule has 0 saturated carbocycles. The van der Waals surface area contributed by atoms with Gasteiger partial charge in [0.2, 0.25) is 0 Å². The smallest absolute Gasteiger partial charge is 0.147 e. The number of imidazole rings is 1. The maximum atomic E-state index is 5.61. The number of para-hydroxylation sites is 2. The average molecular weight is 453 g/mol. The van der Waals surface area contributed by atoms with E-state index in [-0.39, 0.29) is 0 Å². The fourth-order valence-electron chi connectivity index (χ4n) is 2.56. The second-order valence-corrected chi connectivity index (χ2v) is 7.16. The van der Waals surface area contributed by atoms with Crippen LogP contribution in [0, 0.1) is 0 Å². The number of nitrogens with zero attached hydrogens (tertiary/aromatic N) is 1. The summed E-state index contributed by atoms with van der Waals surface area (Å²) in [5.41, 5.74) is 3.31. The second kappa shape index (κ2) is 8.14. The number of fused-ring (bicyclic) bond motifs is 1. The third-order valence-corrected chi connectivity index (χ3v) is 4.83. The van der Waals surface area contributed by atoms with Gasteiger partial charge < -0.3 is 15.0 Å². The first kappa shape index (κ1) is 17.5. The molecule has 0 aliphatic heterocycles. The van der Waals surface area contributed by atoms with Gasteiger partial charge in [0.05, 0.1) is 26.6 Å². The topological polar surface area (TPSA) is 49.9 Å². The monoisotopic (exact) mass is 451 g/mol. The number of hydrogen-bond donors (Lipinski definition) is 2. The second-order valence-electron chi connectivity index (χ2n) is 5.45. The lowest BCUT2D eigenvalue weighted by atomic mass is 10.2. The predicted octanol–water partition coefficient (Wildman–Crippen LogP) is 4.82. The Labute approximate surface area is 158 Å². The zero-order valence-electron chi connectivity index (χ0n) is 13.4. The summed E-state index contributed by atoms with van der Waals surface area (Å²) in [4.78, 5) is 7.94. The Morgan fingerprint density at radius 1 is 1.17 bits per heavy atom. The number of halogens is 2. The fraction of sp³-hybridized carbons (Fsp3) is 0.278. The van der Waals surface area contributed by atoms with Gasteiger partial charge in [0, 0.05) is 19.5 Å². The molecule has 126 valence electrons. The highest BCUT2D eigenvalue weighted by Gasteiger charge is 2.08. The summed E-state index contributed by atoms with van der Waals surface area (Å²) in [5, 5.41) is 3.46. The molecule has 1 aromatic heterocycles. The van der Waals surface area contributed by atoms with E-state index in [1.165, 1.54) is 5.56 Å². The van der Waals surface area contributed by atoms with Gasteiger partial charge in [-0.3, -0.25) is 0 Å². The third kappa shape index (κ3) is 4.18. The van der Waals surface area contributed by atoms with Crippen LogP contribution in [0.4, 0.5) is 0 Å². The zero-order chi connectivity index (χ0) is 16.9. The van der Waals surface area contributed by atoms with Crippen LogP contribution in [0.2, 0.25) is 0 Å². The van der Waals surface area contributed by atoms with E-state index < -0.39 is 0 Å². The highest BCUT2D eigenvalue weighted by Crippen LogP contribution is 2.34. The van der Waals surface area contributed by atoms with E-state index >= 15 is 0 Å². The zero-order valence-corrected chi connectivity index (χ0v) is 16.6. The van der Waals surface area contributed by atoms with E-state index in [2.05, 4.69) is 59.3 Å². The number of H-pyrrole nitrogens is 1. The maximum absolute atomic E-state index is 5.61. The van der Waals surface area contributed by atoms with Crippen molar-refractivity contribution in [2.24, 2.45) is 0 Å². The largest absolute Gasteiger partial charge is 0.492 e. The Balaban J connectivity index is 1.54. The van der Waals surface area contributed by atoms with Crippen LogP contribution >= 0.6 is 31.9 Å². The lowest BCUT2D eigenvalue weighted by molar-refractivity contribution is 0.336. The lowest BCUT2D eigenvalue weighted by Crippen LogP contribution is -2.17. The minimum absolute atomic E-state index is 0.645. The summed E-state index contributed by atoms with van der Waals surface area (Å²) in [7, 11) is 0. The van der Waals surface area contributed by atoms with Crippen molar-refractivity contribution in [2.45, 2.75) is 19.9 Å². The summed E-state index contributed by atoms with van der Waals surface area (Å²) in [5.74, 6) is 1.86. The molecule has 0 unspecified atom stereocenters. The Morgan fingerprint density at radius 2 is 1.92 bits per heavy atom. The van der Waals surface area contributed by atoms with Gasteiger partial charge in [-0.15, -0.1) is 0 Å². The van der Waals surface area contributed by atoms with E-state index in [4.69, 9.17) is 4.74 Å². The van der Waals surface area contributed by atoms with Crippen LogP contribution in [0.5, 0.6) is 5.75 Å². The summed E-state index contributed by atoms with van der Waals surface area (Å²) < 4.78 is 7.54. The van der Waals surface area contributed by atoms with Crippen molar-refractivity contribution in [3.8, 4) is 5.75 Å². The SMILES string of the molecule is CCOc1c(Br)cc(CNCCc2nc3ccccc3[nH]2)cc1Br. The molecule has 2 aromatic carbocycles. The van der Waals surface area contributed by atoms with E-state index in [1.807, 2.05) is 31.2 Å². The summed E-state index contributed by atoms with van der Waals surface area (Å²) in [6.07, 6.45) is 0.869. The van der Waals surface area contributed by atoms with Crippen LogP contribution < -0.4 is 10.1 Å². The van der Waals surface area contributed by atoms with Gasteiger partial charge in [-0.05, 0) is 68.6 Å². The molecule has 0 radical (unpaired) electrons. The first-order chi connectivity index (χ1) is 11.7. The molecule has 6 heteroatoms. The fourth-order valence-corrected chi connectivity index (χ4v) is 4.07. The molecule has 0 atom stereocenters. The Morgan fingerprint density at radius 3 is 2.62 bits per heavy atom. The number of nitrogens with one attached hydrogen (secondary N) is 2. The van der Waals surface area contributed by atoms with Crippen molar-refractivity contribution in [1.82, 2.24) is 15.3 Å². The molecule has 3 rings (SSSR count). The normalized spacial score (nSPS) is 11.1. The van der Waals surface area contributed by atoms with E-state index in [1.54, 1.807) is 0 Å². The van der Waals surface area contributed by atoms with Gasteiger partial charge in [0.15, 0.2) is 0 Å². The number of aromatic nitrogens is 2. The quantitative estimate of drug-likeness (QED) is 0.505. The third-order valence-electron chi connectivity index (χ3n) is 3.65. The molecule has 0 fully saturated rings. The number of ether oxygens (including phenoxy) is 1. The molecule has 0 bridgehead atoms. The maximum Gasteiger partial charge on any atom is 0.147 e. The Hall–Kier alpha value is -1.37. The van der Waals surface area contributed by atoms with Crippen molar-refractivity contribution in [1.29, 1.82) is 0 Å². The van der Waals surface area contributed by atoms with Crippen LogP contribution in [0.1, 0.15) is 18.3 Å². The van der Waals surface area contributed by atoms with Crippen LogP contribution in [0.3, 0.4) is 0 Å². The molecule has 0 aliphatic carbocycles. The molecule has 0 amide bonds. The lowest BCUT2D eigenvalue weighted by Gasteiger charge is -2.11. The molecule has 1 heterocycles. The van der Waals surface area contributed by atoms with Gasteiger partial charge in [0.25, 0.3) is 0 Å². The van der Waals surface area contributed by atoms with Crippen molar-refractivity contribution in [2.75, 3.05) is 13.2 Å². The molecule has 0 aliphatic rings. The highest BCUT2D eigenvalue weighted by molar-refractivity contribution is 9.11. The number of aromatic amines is 1. The van der Waals surface area contributed by atoms with E-state index in [0.717, 1.165) is 51.1 Å². The molecule has 4 nitrogen and oxygen atoms in total. The molecule has 0 spiro atoms. The summed E-state index contributed by atoms with van der Waals surface area (Å²) in [6, 6.07) is 12.3. The Kier molecular flexibility index (Phi) is 5.92. The van der Waals surface area contributed by atoms with E-state index in [9.17, 15) is 0 Å². The van der Waals surface area contributed by atoms with Gasteiger partial charge >= 0.3 is 0 Å². The minimum atomic E-state index is 0.645. The first-order valence-corrected chi connectivity index (χ1v) is 9.51. The molecule has 3 aromatic rings. The van der Waals surface area contributed by atoms with E-state index in [0.29, 0.717) is 6.61 Å². The van der Waals surface area contributed by atoms with Crippen molar-refractivity contribution in [3.05, 3.63) is 56.7 Å². The molecule has 24 heavy (non-hydrogen) atoms. The minimum Gasteiger partial charge on any atom is -0.492 e. The summed E-state index contributed by atoms with van der Waals surface area (Å²) >= 11 is 7.13. The van der Waals surface area contributed by atoms with Crippen LogP contribution in [0.15, 0.2) is 45.3 Å². The molecule has 2 N–H and O–H groups in total. The highest BCUT2D eigenvalue weighted by atomic mass is 79.9. The van der Waals surface area contributed by atoms with Crippen LogP contribution in [-0.2, 0) is 13.0 Å². The van der Waals surface area contributed by atoms with Crippen molar-refractivity contribution in [3.63, 3.8) is 0 Å². The van der Waals surface area contributed by atoms with Crippen LogP contribution in [0.25, 0.3) is 11.0 Å². The molecular weight excluding hydrogens is 434 g/mol. The van der Waals surface area contributed by atoms with Crippen molar-refractivity contribution < 1.29 is 4.74 Å². The molecule has 0 saturated heterocycles. The van der Waals surface area contributed by atoms with Gasteiger partial charge in [0.1, 0.15) is 11.6 Å². The van der Waals surface area contributed by atoms with Crippen molar-refractivity contribution >= 4 is 42.9 Å². The standard InChI is InChI=1S/C18H19Br2N3O/c1-2-24-18-13(19)9-12(10-14(18)20)11-21-8-7-17-22-15-5-3-4-6-16(15)23-17/h3-6,9-10,21H,2,7-8,11H2,1H3,(H,22,23). The number of rotatable bonds is 7.